The van der Waals surface area contributed by atoms with Gasteiger partial charge >= 0.3 is 0 Å². The molecule has 10 nitrogen and oxygen atoms in total. The first-order valence-electron chi connectivity index (χ1n) is 12.6. The summed E-state index contributed by atoms with van der Waals surface area (Å²) in [6, 6.07) is 8.26. The number of hydroxylamine groups is 1. The Balaban J connectivity index is 1.85. The summed E-state index contributed by atoms with van der Waals surface area (Å²) in [5, 5.41) is 2.62. The van der Waals surface area contributed by atoms with Crippen LogP contribution in [-0.4, -0.2) is 44.4 Å². The van der Waals surface area contributed by atoms with Gasteiger partial charge in [-0.1, -0.05) is 38.1 Å². The highest BCUT2D eigenvalue weighted by Crippen LogP contribution is 2.27. The Labute approximate surface area is 228 Å². The molecule has 2 N–H and O–H groups in total. The number of hydrogen-bond acceptors (Lipinski definition) is 8. The van der Waals surface area contributed by atoms with Gasteiger partial charge in [0.05, 0.1) is 23.8 Å². The Bertz CT molecular complexity index is 1150. The third-order valence-corrected chi connectivity index (χ3v) is 7.66. The first-order valence-corrected chi connectivity index (χ1v) is 15.4. The molecular weight excluding hydrogens is 528 g/mol. The van der Waals surface area contributed by atoms with Crippen molar-refractivity contribution in [2.24, 2.45) is 17.8 Å². The van der Waals surface area contributed by atoms with E-state index in [9.17, 15) is 18.0 Å². The van der Waals surface area contributed by atoms with E-state index in [1.54, 1.807) is 48.7 Å². The normalized spacial score (nSPS) is 17.7. The lowest BCUT2D eigenvalue weighted by Crippen LogP contribution is -2.51. The van der Waals surface area contributed by atoms with E-state index in [4.69, 9.17) is 9.57 Å². The van der Waals surface area contributed by atoms with Crippen molar-refractivity contribution in [3.63, 3.8) is 0 Å². The van der Waals surface area contributed by atoms with E-state index in [1.165, 1.54) is 11.3 Å². The van der Waals surface area contributed by atoms with Crippen molar-refractivity contribution in [2.45, 2.75) is 52.2 Å². The van der Waals surface area contributed by atoms with Crippen LogP contribution in [0.5, 0.6) is 0 Å². The van der Waals surface area contributed by atoms with E-state index in [0.29, 0.717) is 19.4 Å². The molecule has 1 aliphatic rings. The fraction of sp³-hybridized carbons (Fsp3) is 0.500. The number of nitrogens with zero attached hydrogens (tertiary/aromatic N) is 2. The topological polar surface area (TPSA) is 127 Å². The molecule has 0 saturated carbocycles. The minimum atomic E-state index is -3.85. The number of carbonyl (C=O) groups is 2. The number of sulfonamides is 1. The van der Waals surface area contributed by atoms with Crippen molar-refractivity contribution in [1.82, 2.24) is 15.9 Å². The molecule has 208 valence electrons. The Morgan fingerprint density at radius 1 is 1.21 bits per heavy atom. The minimum absolute atomic E-state index is 0.0509. The van der Waals surface area contributed by atoms with Gasteiger partial charge in [-0.25, -0.2) is 23.7 Å². The second-order valence-electron chi connectivity index (χ2n) is 9.57. The molecule has 38 heavy (non-hydrogen) atoms. The highest BCUT2D eigenvalue weighted by atomic mass is 32.2. The number of amides is 2. The van der Waals surface area contributed by atoms with Crippen molar-refractivity contribution in [3.05, 3.63) is 53.0 Å². The number of hydrogen-bond donors (Lipinski definition) is 2. The Kier molecular flexibility index (Phi) is 11.3. The molecule has 2 aromatic rings. The summed E-state index contributed by atoms with van der Waals surface area (Å²) in [5.41, 5.74) is 5.33. The maximum absolute atomic E-state index is 13.7. The Morgan fingerprint density at radius 2 is 1.97 bits per heavy atom. The van der Waals surface area contributed by atoms with Gasteiger partial charge in [0, 0.05) is 24.6 Å². The molecule has 3 atom stereocenters. The quantitative estimate of drug-likeness (QED) is 0.353. The first-order chi connectivity index (χ1) is 18.1. The van der Waals surface area contributed by atoms with Crippen molar-refractivity contribution >= 4 is 44.9 Å². The maximum atomic E-state index is 13.7. The number of rotatable bonds is 13. The zero-order valence-corrected chi connectivity index (χ0v) is 23.5. The van der Waals surface area contributed by atoms with Gasteiger partial charge in [0.15, 0.2) is 6.29 Å². The van der Waals surface area contributed by atoms with Gasteiger partial charge < -0.3 is 4.74 Å². The van der Waals surface area contributed by atoms with E-state index in [2.05, 4.69) is 15.9 Å². The number of aromatic nitrogens is 1. The van der Waals surface area contributed by atoms with E-state index in [0.717, 1.165) is 28.5 Å². The molecule has 0 aliphatic carbocycles. The average molecular weight is 565 g/mol. The number of allylic oxidation sites excluding steroid dienone is 1. The van der Waals surface area contributed by atoms with Gasteiger partial charge in [0.2, 0.25) is 21.8 Å². The summed E-state index contributed by atoms with van der Waals surface area (Å²) in [7, 11) is -3.85. The predicted octanol–water partition coefficient (Wildman–Crippen LogP) is 3.90. The smallest absolute Gasteiger partial charge is 0.249 e. The fourth-order valence-corrected chi connectivity index (χ4v) is 5.46. The first kappa shape index (κ1) is 29.8. The van der Waals surface area contributed by atoms with Crippen LogP contribution in [0.15, 0.2) is 48.0 Å². The SMILES string of the molecule is CC(C)C[C@@H](C(=O)NN(c1ccccc1)S(C)(=O)=O)[C@H](C/C=C/c1nccs1)C(=O)NOC1CCCCO1. The van der Waals surface area contributed by atoms with Crippen LogP contribution in [0.4, 0.5) is 5.69 Å². The van der Waals surface area contributed by atoms with E-state index >= 15 is 0 Å². The predicted molar refractivity (Wildman–Crippen MR) is 147 cm³/mol. The maximum Gasteiger partial charge on any atom is 0.249 e. The summed E-state index contributed by atoms with van der Waals surface area (Å²) in [5.74, 6) is -2.69. The molecule has 2 amide bonds. The summed E-state index contributed by atoms with van der Waals surface area (Å²) in [6.07, 6.45) is 8.84. The molecule has 1 saturated heterocycles. The van der Waals surface area contributed by atoms with Crippen LogP contribution in [0.25, 0.3) is 6.08 Å². The third kappa shape index (κ3) is 9.19. The lowest BCUT2D eigenvalue weighted by Gasteiger charge is -2.30. The Morgan fingerprint density at radius 3 is 2.58 bits per heavy atom. The molecule has 12 heteroatoms. The number of hydrazine groups is 1. The standard InChI is InChI=1S/C26H36N4O6S2/c1-19(2)18-22(25(31)28-30(38(3,33)34)20-10-5-4-6-11-20)21(12-9-13-23-27-15-17-37-23)26(32)29-36-24-14-7-8-16-35-24/h4-6,9-11,13,15,17,19,21-22,24H,7-8,12,14,16,18H2,1-3H3,(H,28,31)(H,29,32)/b13-9+/t21-,22+,24?/m0/s1. The van der Waals surface area contributed by atoms with Crippen molar-refractivity contribution in [3.8, 4) is 0 Å². The number of thiazole rings is 1. The number of benzene rings is 1. The van der Waals surface area contributed by atoms with Gasteiger partial charge in [0.1, 0.15) is 5.01 Å². The van der Waals surface area contributed by atoms with Gasteiger partial charge in [-0.2, -0.15) is 4.41 Å². The lowest BCUT2D eigenvalue weighted by atomic mass is 9.82. The van der Waals surface area contributed by atoms with Crippen molar-refractivity contribution < 1.29 is 27.6 Å². The molecule has 3 rings (SSSR count). The molecular formula is C26H36N4O6S2. The average Bonchev–Trinajstić information content (AvgIpc) is 3.41. The monoisotopic (exact) mass is 564 g/mol. The van der Waals surface area contributed by atoms with Gasteiger partial charge in [-0.15, -0.1) is 11.3 Å². The van der Waals surface area contributed by atoms with Gasteiger partial charge in [-0.3, -0.25) is 15.0 Å². The van der Waals surface area contributed by atoms with Crippen LogP contribution < -0.4 is 15.3 Å². The summed E-state index contributed by atoms with van der Waals surface area (Å²) in [4.78, 5) is 36.8. The van der Waals surface area contributed by atoms with Gasteiger partial charge in [0.25, 0.3) is 0 Å². The number of para-hydroxylation sites is 1. The summed E-state index contributed by atoms with van der Waals surface area (Å²) < 4.78 is 31.5. The highest BCUT2D eigenvalue weighted by Gasteiger charge is 2.36. The molecule has 1 aromatic carbocycles. The van der Waals surface area contributed by atoms with E-state index in [1.807, 2.05) is 19.2 Å². The zero-order valence-electron chi connectivity index (χ0n) is 21.9. The summed E-state index contributed by atoms with van der Waals surface area (Å²) >= 11 is 1.45. The minimum Gasteiger partial charge on any atom is -0.350 e. The van der Waals surface area contributed by atoms with E-state index < -0.39 is 40.0 Å². The number of ether oxygens (including phenoxy) is 1. The molecule has 1 aromatic heterocycles. The number of nitrogens with one attached hydrogen (secondary N) is 2. The van der Waals surface area contributed by atoms with Crippen molar-refractivity contribution in [2.75, 3.05) is 17.3 Å². The fourth-order valence-electron chi connectivity index (χ4n) is 4.14. The van der Waals surface area contributed by atoms with Crippen molar-refractivity contribution in [1.29, 1.82) is 0 Å². The second kappa shape index (κ2) is 14.4. The highest BCUT2D eigenvalue weighted by molar-refractivity contribution is 7.92. The van der Waals surface area contributed by atoms with Crippen LogP contribution in [0.3, 0.4) is 0 Å². The van der Waals surface area contributed by atoms with Crippen LogP contribution in [0.2, 0.25) is 0 Å². The molecule has 1 unspecified atom stereocenters. The van der Waals surface area contributed by atoms with Gasteiger partial charge in [-0.05, 0) is 49.8 Å². The van der Waals surface area contributed by atoms with Crippen LogP contribution in [0.1, 0.15) is 51.0 Å². The zero-order chi connectivity index (χ0) is 27.5. The van der Waals surface area contributed by atoms with E-state index in [-0.39, 0.29) is 18.0 Å². The van der Waals surface area contributed by atoms with Crippen LogP contribution in [0, 0.1) is 17.8 Å². The lowest BCUT2D eigenvalue weighted by molar-refractivity contribution is -0.203. The Hall–Kier alpha value is -2.80. The third-order valence-electron chi connectivity index (χ3n) is 5.95. The molecule has 2 heterocycles. The largest absolute Gasteiger partial charge is 0.350 e. The van der Waals surface area contributed by atoms with Crippen LogP contribution >= 0.6 is 11.3 Å². The number of anilines is 1. The molecule has 1 fully saturated rings. The van der Waals surface area contributed by atoms with Crippen LogP contribution in [-0.2, 0) is 29.2 Å². The molecule has 0 bridgehead atoms. The molecule has 0 radical (unpaired) electrons. The second-order valence-corrected chi connectivity index (χ2v) is 12.3. The molecule has 1 aliphatic heterocycles. The summed E-state index contributed by atoms with van der Waals surface area (Å²) in [6.45, 7) is 4.44. The number of carbonyl (C=O) groups excluding carboxylic acids is 2. The molecule has 0 spiro atoms.